The molecule has 144 valence electrons. The minimum Gasteiger partial charge on any atom is -0.508 e. The lowest BCUT2D eigenvalue weighted by atomic mass is 9.81. The molecular weight excluding hydrogens is 338 g/mol. The van der Waals surface area contributed by atoms with Gasteiger partial charge in [0.2, 0.25) is 0 Å². The minimum atomic E-state index is -0.212. The highest BCUT2D eigenvalue weighted by atomic mass is 16.5. The van der Waals surface area contributed by atoms with Crippen LogP contribution in [0.15, 0.2) is 54.6 Å². The van der Waals surface area contributed by atoms with E-state index in [4.69, 9.17) is 4.74 Å². The lowest BCUT2D eigenvalue weighted by molar-refractivity contribution is 0.0910. The lowest BCUT2D eigenvalue weighted by Crippen LogP contribution is -2.42. The molecule has 0 aliphatic heterocycles. The predicted octanol–water partition coefficient (Wildman–Crippen LogP) is 5.12. The number of carbonyl (C=O) groups excluding carboxylic acids is 1. The van der Waals surface area contributed by atoms with Crippen molar-refractivity contribution in [3.05, 3.63) is 65.7 Å². The summed E-state index contributed by atoms with van der Waals surface area (Å²) in [5.74, 6) is 0.813. The Balaban J connectivity index is 1.54. The molecule has 0 radical (unpaired) electrons. The van der Waals surface area contributed by atoms with Crippen molar-refractivity contribution in [3.63, 3.8) is 0 Å². The van der Waals surface area contributed by atoms with E-state index in [0.29, 0.717) is 11.7 Å². The second-order valence-corrected chi connectivity index (χ2v) is 7.35. The Kier molecular flexibility index (Phi) is 6.74. The number of aryl methyl sites for hydroxylation is 1. The normalized spacial score (nSPS) is 19.4. The van der Waals surface area contributed by atoms with Gasteiger partial charge in [-0.2, -0.15) is 0 Å². The molecule has 1 amide bonds. The third-order valence-electron chi connectivity index (χ3n) is 5.62. The van der Waals surface area contributed by atoms with E-state index in [1.54, 1.807) is 12.1 Å². The molecular formula is C23H29NO3. The first-order chi connectivity index (χ1) is 13.2. The molecule has 0 aromatic heterocycles. The van der Waals surface area contributed by atoms with Crippen LogP contribution in [0.3, 0.4) is 0 Å². The first-order valence-electron chi connectivity index (χ1n) is 9.85. The second-order valence-electron chi connectivity index (χ2n) is 7.35. The van der Waals surface area contributed by atoms with Crippen LogP contribution in [-0.2, 0) is 11.2 Å². The zero-order valence-corrected chi connectivity index (χ0v) is 16.0. The number of rotatable bonds is 6. The van der Waals surface area contributed by atoms with Crippen molar-refractivity contribution in [1.82, 2.24) is 4.90 Å². The van der Waals surface area contributed by atoms with E-state index in [1.165, 1.54) is 18.2 Å². The van der Waals surface area contributed by atoms with Crippen LogP contribution in [0.1, 0.15) is 49.1 Å². The van der Waals surface area contributed by atoms with Crippen molar-refractivity contribution < 1.29 is 14.6 Å². The monoisotopic (exact) mass is 367 g/mol. The van der Waals surface area contributed by atoms with Crippen LogP contribution < -0.4 is 0 Å². The maximum absolute atomic E-state index is 12.3. The molecule has 0 atom stereocenters. The molecule has 1 fully saturated rings. The van der Waals surface area contributed by atoms with Gasteiger partial charge in [0.15, 0.2) is 0 Å². The highest BCUT2D eigenvalue weighted by molar-refractivity contribution is 5.67. The van der Waals surface area contributed by atoms with Crippen molar-refractivity contribution in [2.45, 2.75) is 50.5 Å². The van der Waals surface area contributed by atoms with E-state index in [1.807, 2.05) is 23.1 Å². The molecule has 0 unspecified atom stereocenters. The third-order valence-corrected chi connectivity index (χ3v) is 5.62. The number of hydrogen-bond acceptors (Lipinski definition) is 3. The van der Waals surface area contributed by atoms with Crippen LogP contribution in [0.25, 0.3) is 0 Å². The summed E-state index contributed by atoms with van der Waals surface area (Å²) in [6.45, 7) is 0.732. The molecule has 0 bridgehead atoms. The van der Waals surface area contributed by atoms with Gasteiger partial charge in [-0.25, -0.2) is 4.79 Å². The highest BCUT2D eigenvalue weighted by Gasteiger charge is 2.29. The molecule has 1 aliphatic carbocycles. The van der Waals surface area contributed by atoms with Crippen molar-refractivity contribution in [1.29, 1.82) is 0 Å². The average Bonchev–Trinajstić information content (AvgIpc) is 2.72. The van der Waals surface area contributed by atoms with Gasteiger partial charge < -0.3 is 14.7 Å². The fourth-order valence-corrected chi connectivity index (χ4v) is 4.11. The zero-order chi connectivity index (χ0) is 19.1. The summed E-state index contributed by atoms with van der Waals surface area (Å²) in [5.41, 5.74) is 2.58. The fourth-order valence-electron chi connectivity index (χ4n) is 4.11. The molecule has 2 aromatic rings. The van der Waals surface area contributed by atoms with E-state index in [2.05, 4.69) is 24.3 Å². The molecule has 4 heteroatoms. The van der Waals surface area contributed by atoms with Crippen LogP contribution in [0, 0.1) is 0 Å². The van der Waals surface area contributed by atoms with Gasteiger partial charge in [-0.1, -0.05) is 42.5 Å². The number of carbonyl (C=O) groups is 1. The quantitative estimate of drug-likeness (QED) is 0.771. The predicted molar refractivity (Wildman–Crippen MR) is 107 cm³/mol. The van der Waals surface area contributed by atoms with Gasteiger partial charge in [0.1, 0.15) is 5.75 Å². The molecule has 0 saturated heterocycles. The van der Waals surface area contributed by atoms with Crippen LogP contribution in [-0.4, -0.2) is 35.8 Å². The van der Waals surface area contributed by atoms with Crippen molar-refractivity contribution in [2.75, 3.05) is 13.7 Å². The van der Waals surface area contributed by atoms with E-state index in [9.17, 15) is 9.90 Å². The Labute approximate surface area is 161 Å². The number of phenolic OH excluding ortho intramolecular Hbond substituents is 1. The fraction of sp³-hybridized carbons (Fsp3) is 0.435. The van der Waals surface area contributed by atoms with Crippen LogP contribution in [0.4, 0.5) is 4.79 Å². The number of methoxy groups -OCH3 is 1. The number of hydrogen-bond donors (Lipinski definition) is 1. The Morgan fingerprint density at radius 2 is 1.70 bits per heavy atom. The highest BCUT2D eigenvalue weighted by Crippen LogP contribution is 2.35. The maximum atomic E-state index is 12.3. The minimum absolute atomic E-state index is 0.212. The van der Waals surface area contributed by atoms with Gasteiger partial charge in [0.25, 0.3) is 0 Å². The Morgan fingerprint density at radius 1 is 1.04 bits per heavy atom. The van der Waals surface area contributed by atoms with Gasteiger partial charge in [-0.15, -0.1) is 0 Å². The molecule has 2 aromatic carbocycles. The van der Waals surface area contributed by atoms with E-state index >= 15 is 0 Å². The largest absolute Gasteiger partial charge is 0.508 e. The Morgan fingerprint density at radius 3 is 2.33 bits per heavy atom. The molecule has 3 rings (SSSR count). The standard InChI is InChI=1S/C23H29NO3/c1-27-23(26)24(17-5-8-18-6-3-2-4-7-18)21-13-9-19(10-14-21)20-11-15-22(25)16-12-20/h2-4,6-7,11-12,15-16,19,21,25H,5,8-10,13-14,17H2,1H3/t19-,21-. The molecule has 0 heterocycles. The van der Waals surface area contributed by atoms with Crippen LogP contribution >= 0.6 is 0 Å². The summed E-state index contributed by atoms with van der Waals surface area (Å²) in [6, 6.07) is 18.2. The topological polar surface area (TPSA) is 49.8 Å². The zero-order valence-electron chi connectivity index (χ0n) is 16.0. The average molecular weight is 367 g/mol. The Bertz CT molecular complexity index is 706. The molecule has 1 saturated carbocycles. The molecule has 1 N–H and O–H groups in total. The second kappa shape index (κ2) is 9.45. The van der Waals surface area contributed by atoms with Crippen LogP contribution in [0.5, 0.6) is 5.75 Å². The number of amides is 1. The molecule has 1 aliphatic rings. The van der Waals surface area contributed by atoms with E-state index in [-0.39, 0.29) is 12.1 Å². The number of benzene rings is 2. The molecule has 27 heavy (non-hydrogen) atoms. The summed E-state index contributed by atoms with van der Waals surface area (Å²) in [5, 5.41) is 9.46. The van der Waals surface area contributed by atoms with Gasteiger partial charge in [0, 0.05) is 12.6 Å². The SMILES string of the molecule is COC(=O)N(CCCc1ccccc1)[C@H]1CC[C@H](c2ccc(O)cc2)CC1. The van der Waals surface area contributed by atoms with Gasteiger partial charge in [-0.3, -0.25) is 0 Å². The summed E-state index contributed by atoms with van der Waals surface area (Å²) in [4.78, 5) is 14.2. The maximum Gasteiger partial charge on any atom is 0.409 e. The number of ether oxygens (including phenoxy) is 1. The smallest absolute Gasteiger partial charge is 0.409 e. The first kappa shape index (κ1) is 19.3. The number of nitrogens with zero attached hydrogens (tertiary/aromatic N) is 1. The van der Waals surface area contributed by atoms with Crippen molar-refractivity contribution >= 4 is 6.09 Å². The molecule has 0 spiro atoms. The van der Waals surface area contributed by atoms with Gasteiger partial charge >= 0.3 is 6.09 Å². The van der Waals surface area contributed by atoms with E-state index in [0.717, 1.165) is 45.1 Å². The summed E-state index contributed by atoms with van der Waals surface area (Å²) in [6.07, 6.45) is 5.80. The van der Waals surface area contributed by atoms with Crippen molar-refractivity contribution in [2.24, 2.45) is 0 Å². The number of aromatic hydroxyl groups is 1. The summed E-state index contributed by atoms with van der Waals surface area (Å²) >= 11 is 0. The number of phenols is 1. The molecule has 4 nitrogen and oxygen atoms in total. The van der Waals surface area contributed by atoms with Gasteiger partial charge in [-0.05, 0) is 67.7 Å². The van der Waals surface area contributed by atoms with E-state index < -0.39 is 0 Å². The van der Waals surface area contributed by atoms with Gasteiger partial charge in [0.05, 0.1) is 7.11 Å². The summed E-state index contributed by atoms with van der Waals surface area (Å²) in [7, 11) is 1.47. The Hall–Kier alpha value is -2.49. The first-order valence-corrected chi connectivity index (χ1v) is 9.85. The lowest BCUT2D eigenvalue weighted by Gasteiger charge is -2.36. The third kappa shape index (κ3) is 5.25. The summed E-state index contributed by atoms with van der Waals surface area (Å²) < 4.78 is 5.05. The van der Waals surface area contributed by atoms with Crippen LogP contribution in [0.2, 0.25) is 0 Å². The van der Waals surface area contributed by atoms with Crippen molar-refractivity contribution in [3.8, 4) is 5.75 Å².